The minimum Gasteiger partial charge on any atom is -0.370 e. The van der Waals surface area contributed by atoms with Crippen molar-refractivity contribution < 1.29 is 43.2 Å². The molecule has 1 rings (SSSR count). The van der Waals surface area contributed by atoms with Crippen LogP contribution in [-0.2, 0) is 43.2 Å². The number of nitrogens with two attached hydrogens (primary N) is 4. The van der Waals surface area contributed by atoms with Crippen LogP contribution in [0.5, 0.6) is 0 Å². The summed E-state index contributed by atoms with van der Waals surface area (Å²) >= 11 is 0. The first-order chi connectivity index (χ1) is 22.5. The van der Waals surface area contributed by atoms with Gasteiger partial charge in [0.1, 0.15) is 30.5 Å². The highest BCUT2D eigenvalue weighted by molar-refractivity contribution is 5.97. The molecule has 0 unspecified atom stereocenters. The number of nitrogens with one attached hydrogen (secondary N) is 6. The predicted octanol–water partition coefficient (Wildman–Crippen LogP) is -5.24. The number of rotatable bonds is 22. The maximum absolute atomic E-state index is 13.5. The highest BCUT2D eigenvalue weighted by Gasteiger charge is 2.33. The molecule has 0 aromatic heterocycles. The van der Waals surface area contributed by atoms with Crippen LogP contribution in [0.2, 0.25) is 0 Å². The van der Waals surface area contributed by atoms with Gasteiger partial charge in [-0.3, -0.25) is 43.3 Å². The van der Waals surface area contributed by atoms with Gasteiger partial charge in [-0.25, -0.2) is 0 Å². The van der Waals surface area contributed by atoms with Crippen molar-refractivity contribution in [2.45, 2.75) is 95.4 Å². The van der Waals surface area contributed by atoms with Crippen LogP contribution in [0.1, 0.15) is 65.2 Å². The molecule has 0 bridgehead atoms. The average Bonchev–Trinajstić information content (AvgIpc) is 3.44. The zero-order valence-electron chi connectivity index (χ0n) is 27.0. The fourth-order valence-electron chi connectivity index (χ4n) is 4.56. The smallest absolute Gasteiger partial charge is 0.243 e. The molecular weight excluding hydrogens is 634 g/mol. The number of hydrogen-bond donors (Lipinski definition) is 10. The highest BCUT2D eigenvalue weighted by atomic mass is 16.2. The Hall–Kier alpha value is -5.30. The Balaban J connectivity index is 3.10. The van der Waals surface area contributed by atoms with E-state index >= 15 is 0 Å². The zero-order chi connectivity index (χ0) is 36.4. The summed E-state index contributed by atoms with van der Waals surface area (Å²) in [7, 11) is 0. The van der Waals surface area contributed by atoms with E-state index in [1.807, 2.05) is 0 Å². The quantitative estimate of drug-likeness (QED) is 0.0223. The van der Waals surface area contributed by atoms with Gasteiger partial charge in [0.25, 0.3) is 0 Å². The number of carbonyl (C=O) groups excluding carboxylic acids is 9. The lowest BCUT2D eigenvalue weighted by Gasteiger charge is -2.26. The van der Waals surface area contributed by atoms with E-state index in [1.54, 1.807) is 13.8 Å². The van der Waals surface area contributed by atoms with E-state index in [9.17, 15) is 43.2 Å². The van der Waals surface area contributed by atoms with Crippen molar-refractivity contribution in [3.63, 3.8) is 0 Å². The lowest BCUT2D eigenvalue weighted by atomic mass is 10.0. The number of aliphatic imine (C=N–C) groups is 1. The fraction of sp³-hybridized carbons (Fsp3) is 0.643. The van der Waals surface area contributed by atoms with Crippen LogP contribution in [0.15, 0.2) is 4.99 Å². The summed E-state index contributed by atoms with van der Waals surface area (Å²) in [5, 5.41) is 14.7. The minimum absolute atomic E-state index is 0.0190. The molecule has 20 heteroatoms. The summed E-state index contributed by atoms with van der Waals surface area (Å²) in [6.07, 6.45) is 0.0338. The molecule has 0 radical (unpaired) electrons. The predicted molar refractivity (Wildman–Crippen MR) is 170 cm³/mol. The van der Waals surface area contributed by atoms with Crippen molar-refractivity contribution in [3.8, 4) is 0 Å². The van der Waals surface area contributed by atoms with E-state index in [0.29, 0.717) is 6.29 Å². The highest BCUT2D eigenvalue weighted by Crippen LogP contribution is 2.10. The van der Waals surface area contributed by atoms with Crippen molar-refractivity contribution in [2.24, 2.45) is 33.8 Å². The first-order valence-corrected chi connectivity index (χ1v) is 15.4. The molecule has 0 aliphatic carbocycles. The molecule has 1 fully saturated rings. The molecule has 20 nitrogen and oxygen atoms in total. The summed E-state index contributed by atoms with van der Waals surface area (Å²) in [5.41, 5.74) is 21.0. The van der Waals surface area contributed by atoms with Gasteiger partial charge in [-0.2, -0.15) is 0 Å². The Morgan fingerprint density at radius 2 is 1.50 bits per heavy atom. The number of guanidine groups is 1. The van der Waals surface area contributed by atoms with E-state index in [-0.39, 0.29) is 69.3 Å². The van der Waals surface area contributed by atoms with E-state index in [2.05, 4.69) is 36.9 Å². The third kappa shape index (κ3) is 16.3. The lowest BCUT2D eigenvalue weighted by Crippen LogP contribution is -2.58. The standard InChI is InChI=1S/C28H47N11O9/c1-14(2)10-19(24(45)34-12-23(44)35-15(13-40)11-21(30)42)39-25(46)16(4-3-9-33-28(31)32)37-27(48)18(5-7-20(29)41)38-26(47)17-6-8-22(43)36-17/h13-19H,3-12H2,1-2H3,(H2,29,41)(H2,30,42)(H,34,45)(H,35,44)(H,36,43)(H,37,48)(H,38,47)(H,39,46)(H4,31,32,33)/t15-,16-,17-,18-,19-/m0/s1. The number of aldehydes is 1. The van der Waals surface area contributed by atoms with E-state index in [4.69, 9.17) is 22.9 Å². The van der Waals surface area contributed by atoms with Crippen LogP contribution in [0, 0.1) is 5.92 Å². The van der Waals surface area contributed by atoms with Gasteiger partial charge < -0.3 is 59.6 Å². The fourth-order valence-corrected chi connectivity index (χ4v) is 4.56. The van der Waals surface area contributed by atoms with Crippen LogP contribution in [-0.4, -0.2) is 103 Å². The van der Waals surface area contributed by atoms with Crippen LogP contribution in [0.3, 0.4) is 0 Å². The third-order valence-electron chi connectivity index (χ3n) is 6.90. The number of primary amides is 2. The van der Waals surface area contributed by atoms with Gasteiger partial charge in [0.2, 0.25) is 47.3 Å². The molecular formula is C28H47N11O9. The molecule has 0 spiro atoms. The lowest BCUT2D eigenvalue weighted by molar-refractivity contribution is -0.135. The topological polar surface area (TPSA) is 342 Å². The molecule has 8 amide bonds. The molecule has 1 aliphatic heterocycles. The van der Waals surface area contributed by atoms with Gasteiger partial charge in [0.05, 0.1) is 19.0 Å². The summed E-state index contributed by atoms with van der Waals surface area (Å²) in [4.78, 5) is 114. The monoisotopic (exact) mass is 681 g/mol. The van der Waals surface area contributed by atoms with Crippen LogP contribution >= 0.6 is 0 Å². The van der Waals surface area contributed by atoms with Crippen LogP contribution in [0.4, 0.5) is 0 Å². The zero-order valence-corrected chi connectivity index (χ0v) is 27.0. The number of hydrogen-bond acceptors (Lipinski definition) is 10. The largest absolute Gasteiger partial charge is 0.370 e. The van der Waals surface area contributed by atoms with E-state index < -0.39 is 84.5 Å². The Labute approximate surface area is 277 Å². The molecule has 1 heterocycles. The first-order valence-electron chi connectivity index (χ1n) is 15.4. The van der Waals surface area contributed by atoms with Crippen LogP contribution in [0.25, 0.3) is 0 Å². The van der Waals surface area contributed by atoms with Gasteiger partial charge in [-0.05, 0) is 38.0 Å². The summed E-state index contributed by atoms with van der Waals surface area (Å²) in [5.74, 6) is -6.03. The number of carbonyl (C=O) groups is 9. The molecule has 1 saturated heterocycles. The van der Waals surface area contributed by atoms with Crippen molar-refractivity contribution in [2.75, 3.05) is 13.1 Å². The van der Waals surface area contributed by atoms with Crippen molar-refractivity contribution in [3.05, 3.63) is 0 Å². The first kappa shape index (κ1) is 40.7. The second kappa shape index (κ2) is 20.7. The molecule has 1 aliphatic rings. The molecule has 14 N–H and O–H groups in total. The summed E-state index contributed by atoms with van der Waals surface area (Å²) in [6.45, 7) is 3.07. The Kier molecular flexibility index (Phi) is 17.6. The number of nitrogens with zero attached hydrogens (tertiary/aromatic N) is 1. The van der Waals surface area contributed by atoms with Gasteiger partial charge in [0.15, 0.2) is 5.96 Å². The Morgan fingerprint density at radius 1 is 0.875 bits per heavy atom. The normalized spacial score (nSPS) is 16.2. The maximum atomic E-state index is 13.5. The van der Waals surface area contributed by atoms with Gasteiger partial charge in [-0.1, -0.05) is 13.8 Å². The third-order valence-corrected chi connectivity index (χ3v) is 6.90. The molecule has 0 aromatic carbocycles. The molecule has 0 saturated carbocycles. The molecule has 0 aromatic rings. The molecule has 268 valence electrons. The van der Waals surface area contributed by atoms with Gasteiger partial charge in [-0.15, -0.1) is 0 Å². The second-order valence-electron chi connectivity index (χ2n) is 11.6. The molecule has 5 atom stereocenters. The van der Waals surface area contributed by atoms with E-state index in [0.717, 1.165) is 0 Å². The van der Waals surface area contributed by atoms with Crippen LogP contribution < -0.4 is 54.8 Å². The van der Waals surface area contributed by atoms with Crippen molar-refractivity contribution >= 4 is 59.5 Å². The van der Waals surface area contributed by atoms with Gasteiger partial charge in [0, 0.05) is 19.4 Å². The maximum Gasteiger partial charge on any atom is 0.243 e. The van der Waals surface area contributed by atoms with Gasteiger partial charge >= 0.3 is 0 Å². The van der Waals surface area contributed by atoms with Crippen molar-refractivity contribution in [1.82, 2.24) is 31.9 Å². The second-order valence-corrected chi connectivity index (χ2v) is 11.6. The minimum atomic E-state index is -1.31. The summed E-state index contributed by atoms with van der Waals surface area (Å²) in [6, 6.07) is -5.83. The summed E-state index contributed by atoms with van der Waals surface area (Å²) < 4.78 is 0. The number of amides is 8. The SMILES string of the molecule is CC(C)C[C@H](NC(=O)[C@H](CCCN=C(N)N)NC(=O)[C@H](CCC(N)=O)NC(=O)[C@@H]1CCC(=O)N1)C(=O)NCC(=O)N[C@H](C=O)CC(N)=O. The van der Waals surface area contributed by atoms with E-state index in [1.165, 1.54) is 0 Å². The average molecular weight is 682 g/mol. The van der Waals surface area contributed by atoms with Crippen molar-refractivity contribution in [1.29, 1.82) is 0 Å². The Bertz CT molecular complexity index is 1240. The Morgan fingerprint density at radius 3 is 2.02 bits per heavy atom. The molecule has 48 heavy (non-hydrogen) atoms.